The minimum absolute atomic E-state index is 0.290. The van der Waals surface area contributed by atoms with Gasteiger partial charge in [0.25, 0.3) is 0 Å². The van der Waals surface area contributed by atoms with E-state index in [0.29, 0.717) is 34.8 Å². The van der Waals surface area contributed by atoms with Crippen LogP contribution in [0.4, 0.5) is 0 Å². The maximum atomic E-state index is 6.22. The normalized spacial score (nSPS) is 14.1. The Kier molecular flexibility index (Phi) is 7.22. The standard InChI is InChI=1S/C19H18BrCl2NO3S/c1-24-17-9-13(19(27)23-4-6-25-7-5-23)8-15(20)18(17)26-11-12-2-3-14(21)10-16(12)22/h2-3,8-10H,4-7,11H2,1H3. The molecule has 1 saturated heterocycles. The van der Waals surface area contributed by atoms with E-state index in [1.54, 1.807) is 19.2 Å². The van der Waals surface area contributed by atoms with Crippen molar-refractivity contribution in [1.82, 2.24) is 4.90 Å². The zero-order valence-corrected chi connectivity index (χ0v) is 18.6. The number of methoxy groups -OCH3 is 1. The van der Waals surface area contributed by atoms with Crippen LogP contribution < -0.4 is 9.47 Å². The van der Waals surface area contributed by atoms with E-state index in [1.165, 1.54) is 0 Å². The molecule has 4 nitrogen and oxygen atoms in total. The van der Waals surface area contributed by atoms with E-state index in [2.05, 4.69) is 20.8 Å². The second kappa shape index (κ2) is 9.43. The SMILES string of the molecule is COc1cc(C(=S)N2CCOCC2)cc(Br)c1OCc1ccc(Cl)cc1Cl. The smallest absolute Gasteiger partial charge is 0.175 e. The summed E-state index contributed by atoms with van der Waals surface area (Å²) in [5, 5.41) is 1.14. The molecule has 2 aromatic carbocycles. The van der Waals surface area contributed by atoms with Crippen LogP contribution in [0, 0.1) is 0 Å². The summed E-state index contributed by atoms with van der Waals surface area (Å²) in [5.74, 6) is 1.19. The first-order valence-corrected chi connectivity index (χ1v) is 10.3. The fourth-order valence-electron chi connectivity index (χ4n) is 2.72. The molecule has 27 heavy (non-hydrogen) atoms. The average molecular weight is 491 g/mol. The molecule has 1 aliphatic heterocycles. The van der Waals surface area contributed by atoms with Crippen molar-refractivity contribution < 1.29 is 14.2 Å². The third-order valence-corrected chi connectivity index (χ3v) is 5.83. The van der Waals surface area contributed by atoms with Gasteiger partial charge in [0.15, 0.2) is 11.5 Å². The number of hydrogen-bond acceptors (Lipinski definition) is 4. The maximum absolute atomic E-state index is 6.22. The Bertz CT molecular complexity index is 844. The quantitative estimate of drug-likeness (QED) is 0.527. The number of ether oxygens (including phenoxy) is 3. The van der Waals surface area contributed by atoms with E-state index in [0.717, 1.165) is 33.7 Å². The molecule has 1 fully saturated rings. The largest absolute Gasteiger partial charge is 0.493 e. The lowest BCUT2D eigenvalue weighted by molar-refractivity contribution is 0.0693. The highest BCUT2D eigenvalue weighted by Crippen LogP contribution is 2.38. The van der Waals surface area contributed by atoms with Crippen LogP contribution in [-0.2, 0) is 11.3 Å². The average Bonchev–Trinajstić information content (AvgIpc) is 2.67. The van der Waals surface area contributed by atoms with Crippen LogP contribution >= 0.6 is 51.3 Å². The van der Waals surface area contributed by atoms with Gasteiger partial charge in [0, 0.05) is 34.3 Å². The Labute approximate surface area is 182 Å². The molecule has 0 atom stereocenters. The van der Waals surface area contributed by atoms with Crippen molar-refractivity contribution in [2.75, 3.05) is 33.4 Å². The second-order valence-electron chi connectivity index (χ2n) is 5.92. The monoisotopic (exact) mass is 489 g/mol. The number of benzene rings is 2. The summed E-state index contributed by atoms with van der Waals surface area (Å²) in [4.78, 5) is 2.90. The van der Waals surface area contributed by atoms with Gasteiger partial charge < -0.3 is 19.1 Å². The molecule has 0 amide bonds. The van der Waals surface area contributed by atoms with E-state index < -0.39 is 0 Å². The first-order chi connectivity index (χ1) is 13.0. The van der Waals surface area contributed by atoms with Gasteiger partial charge in [0.1, 0.15) is 11.6 Å². The summed E-state index contributed by atoms with van der Waals surface area (Å²) in [5.41, 5.74) is 1.73. The van der Waals surface area contributed by atoms with E-state index >= 15 is 0 Å². The summed E-state index contributed by atoms with van der Waals surface area (Å²) >= 11 is 21.4. The van der Waals surface area contributed by atoms with E-state index in [9.17, 15) is 0 Å². The summed E-state index contributed by atoms with van der Waals surface area (Å²) in [6, 6.07) is 9.15. The predicted octanol–water partition coefficient (Wildman–Crippen LogP) is 5.35. The molecule has 0 aliphatic carbocycles. The molecule has 0 N–H and O–H groups in total. The molecule has 0 spiro atoms. The van der Waals surface area contributed by atoms with Crippen LogP contribution in [0.5, 0.6) is 11.5 Å². The lowest BCUT2D eigenvalue weighted by atomic mass is 10.1. The molecular formula is C19H18BrCl2NO3S. The predicted molar refractivity (Wildman–Crippen MR) is 116 cm³/mol. The highest BCUT2D eigenvalue weighted by atomic mass is 79.9. The van der Waals surface area contributed by atoms with E-state index in [-0.39, 0.29) is 6.61 Å². The molecule has 0 saturated carbocycles. The number of thiocarbonyl (C=S) groups is 1. The van der Waals surface area contributed by atoms with Crippen molar-refractivity contribution in [3.8, 4) is 11.5 Å². The summed E-state index contributed by atoms with van der Waals surface area (Å²) in [6.45, 7) is 3.22. The van der Waals surface area contributed by atoms with Crippen molar-refractivity contribution >= 4 is 56.3 Å². The Hall–Kier alpha value is -1.05. The Morgan fingerprint density at radius 1 is 1.22 bits per heavy atom. The first-order valence-electron chi connectivity index (χ1n) is 8.31. The molecular weight excluding hydrogens is 473 g/mol. The Morgan fingerprint density at radius 3 is 2.63 bits per heavy atom. The molecule has 0 aromatic heterocycles. The summed E-state index contributed by atoms with van der Waals surface area (Å²) < 4.78 is 17.7. The van der Waals surface area contributed by atoms with Crippen molar-refractivity contribution in [3.63, 3.8) is 0 Å². The summed E-state index contributed by atoms with van der Waals surface area (Å²) in [7, 11) is 1.60. The van der Waals surface area contributed by atoms with Crippen molar-refractivity contribution in [2.45, 2.75) is 6.61 Å². The molecule has 0 bridgehead atoms. The van der Waals surface area contributed by atoms with Crippen LogP contribution in [0.2, 0.25) is 10.0 Å². The van der Waals surface area contributed by atoms with Crippen molar-refractivity contribution in [3.05, 3.63) is 56.0 Å². The third-order valence-electron chi connectivity index (χ3n) is 4.16. The fraction of sp³-hybridized carbons (Fsp3) is 0.316. The van der Waals surface area contributed by atoms with Crippen LogP contribution in [-0.4, -0.2) is 43.3 Å². The zero-order chi connectivity index (χ0) is 19.4. The Morgan fingerprint density at radius 2 is 1.96 bits per heavy atom. The minimum atomic E-state index is 0.290. The molecule has 3 rings (SSSR count). The van der Waals surface area contributed by atoms with Crippen molar-refractivity contribution in [1.29, 1.82) is 0 Å². The van der Waals surface area contributed by atoms with Gasteiger partial charge in [-0.25, -0.2) is 0 Å². The number of morpholine rings is 1. The van der Waals surface area contributed by atoms with Gasteiger partial charge in [-0.05, 0) is 40.2 Å². The van der Waals surface area contributed by atoms with Gasteiger partial charge in [-0.2, -0.15) is 0 Å². The van der Waals surface area contributed by atoms with Crippen LogP contribution in [0.3, 0.4) is 0 Å². The topological polar surface area (TPSA) is 30.9 Å². The second-order valence-corrected chi connectivity index (χ2v) is 8.00. The highest BCUT2D eigenvalue weighted by Gasteiger charge is 2.19. The van der Waals surface area contributed by atoms with E-state index in [4.69, 9.17) is 49.6 Å². The number of hydrogen-bond donors (Lipinski definition) is 0. The molecule has 1 heterocycles. The summed E-state index contributed by atoms with van der Waals surface area (Å²) in [6.07, 6.45) is 0. The van der Waals surface area contributed by atoms with Crippen LogP contribution in [0.15, 0.2) is 34.8 Å². The van der Waals surface area contributed by atoms with Gasteiger partial charge in [0.2, 0.25) is 0 Å². The number of halogens is 3. The van der Waals surface area contributed by atoms with Gasteiger partial charge in [-0.15, -0.1) is 0 Å². The van der Waals surface area contributed by atoms with Crippen LogP contribution in [0.1, 0.15) is 11.1 Å². The van der Waals surface area contributed by atoms with E-state index in [1.807, 2.05) is 18.2 Å². The molecule has 0 unspecified atom stereocenters. The third kappa shape index (κ3) is 5.06. The van der Waals surface area contributed by atoms with Crippen molar-refractivity contribution in [2.24, 2.45) is 0 Å². The Balaban J connectivity index is 1.80. The van der Waals surface area contributed by atoms with Crippen LogP contribution in [0.25, 0.3) is 0 Å². The van der Waals surface area contributed by atoms with Gasteiger partial charge in [0.05, 0.1) is 24.8 Å². The molecule has 2 aromatic rings. The lowest BCUT2D eigenvalue weighted by Gasteiger charge is -2.29. The lowest BCUT2D eigenvalue weighted by Crippen LogP contribution is -2.40. The van der Waals surface area contributed by atoms with Gasteiger partial charge in [-0.1, -0.05) is 41.5 Å². The first kappa shape index (κ1) is 20.7. The van der Waals surface area contributed by atoms with Gasteiger partial charge in [-0.3, -0.25) is 0 Å². The fourth-order valence-corrected chi connectivity index (χ4v) is 4.04. The highest BCUT2D eigenvalue weighted by molar-refractivity contribution is 9.10. The molecule has 8 heteroatoms. The number of nitrogens with zero attached hydrogens (tertiary/aromatic N) is 1. The maximum Gasteiger partial charge on any atom is 0.175 e. The van der Waals surface area contributed by atoms with Gasteiger partial charge >= 0.3 is 0 Å². The molecule has 144 valence electrons. The molecule has 0 radical (unpaired) electrons. The molecule has 1 aliphatic rings. The zero-order valence-electron chi connectivity index (χ0n) is 14.6. The number of rotatable bonds is 5. The minimum Gasteiger partial charge on any atom is -0.493 e.